The number of carbonyl (C=O) groups excluding carboxylic acids is 3. The van der Waals surface area contributed by atoms with E-state index < -0.39 is 11.9 Å². The molecule has 27 heavy (non-hydrogen) atoms. The summed E-state index contributed by atoms with van der Waals surface area (Å²) in [6, 6.07) is 10.0. The standard InChI is InChI=1S/C18H21N5O4/c1-19-16(24)10-15-17(25)20-7-8-23(15)18(26)14-9-12(21-22-14)11-27-13-5-3-2-4-6-13/h2-6,9,15H,7-8,10-11H2,1H3,(H,19,24)(H,20,25)(H,21,22)/t15-/m1/s1. The Kier molecular flexibility index (Phi) is 5.70. The second kappa shape index (κ2) is 8.35. The van der Waals surface area contributed by atoms with E-state index in [-0.39, 0.29) is 30.5 Å². The number of piperazine rings is 1. The number of nitrogens with zero attached hydrogens (tertiary/aromatic N) is 2. The molecule has 3 rings (SSSR count). The first-order valence-corrected chi connectivity index (χ1v) is 8.60. The van der Waals surface area contributed by atoms with Gasteiger partial charge in [-0.2, -0.15) is 5.10 Å². The van der Waals surface area contributed by atoms with Gasteiger partial charge in [-0.1, -0.05) is 18.2 Å². The zero-order valence-electron chi connectivity index (χ0n) is 14.9. The molecule has 1 saturated heterocycles. The van der Waals surface area contributed by atoms with Gasteiger partial charge in [0.15, 0.2) is 5.69 Å². The first-order chi connectivity index (χ1) is 13.1. The molecule has 3 N–H and O–H groups in total. The van der Waals surface area contributed by atoms with E-state index in [1.807, 2.05) is 30.3 Å². The van der Waals surface area contributed by atoms with Crippen molar-refractivity contribution in [2.24, 2.45) is 0 Å². The molecule has 2 aromatic rings. The summed E-state index contributed by atoms with van der Waals surface area (Å²) >= 11 is 0. The maximum atomic E-state index is 12.8. The summed E-state index contributed by atoms with van der Waals surface area (Å²) < 4.78 is 5.62. The number of benzene rings is 1. The Morgan fingerprint density at radius 2 is 2.11 bits per heavy atom. The summed E-state index contributed by atoms with van der Waals surface area (Å²) in [5.74, 6) is -0.352. The topological polar surface area (TPSA) is 116 Å². The predicted molar refractivity (Wildman–Crippen MR) is 95.9 cm³/mol. The van der Waals surface area contributed by atoms with E-state index in [0.29, 0.717) is 24.5 Å². The molecule has 1 atom stereocenters. The summed E-state index contributed by atoms with van der Waals surface area (Å²) in [6.07, 6.45) is -0.0948. The highest BCUT2D eigenvalue weighted by Crippen LogP contribution is 2.15. The smallest absolute Gasteiger partial charge is 0.275 e. The van der Waals surface area contributed by atoms with E-state index in [2.05, 4.69) is 20.8 Å². The highest BCUT2D eigenvalue weighted by Gasteiger charge is 2.35. The van der Waals surface area contributed by atoms with Crippen LogP contribution >= 0.6 is 0 Å². The zero-order chi connectivity index (χ0) is 19.2. The number of aromatic nitrogens is 2. The van der Waals surface area contributed by atoms with Crippen LogP contribution in [0.2, 0.25) is 0 Å². The van der Waals surface area contributed by atoms with Crippen molar-refractivity contribution in [1.82, 2.24) is 25.7 Å². The number of para-hydroxylation sites is 1. The molecule has 0 aliphatic carbocycles. The maximum Gasteiger partial charge on any atom is 0.275 e. The number of amides is 3. The Balaban J connectivity index is 1.68. The van der Waals surface area contributed by atoms with Gasteiger partial charge in [-0.25, -0.2) is 0 Å². The normalized spacial score (nSPS) is 16.6. The molecule has 1 aliphatic heterocycles. The van der Waals surface area contributed by atoms with Crippen LogP contribution in [0.15, 0.2) is 36.4 Å². The highest BCUT2D eigenvalue weighted by molar-refractivity contribution is 5.98. The molecule has 0 bridgehead atoms. The Morgan fingerprint density at radius 3 is 2.85 bits per heavy atom. The second-order valence-electron chi connectivity index (χ2n) is 6.06. The van der Waals surface area contributed by atoms with Crippen molar-refractivity contribution in [3.05, 3.63) is 47.8 Å². The molecule has 1 fully saturated rings. The van der Waals surface area contributed by atoms with Crippen LogP contribution in [-0.4, -0.2) is 59.0 Å². The number of hydrogen-bond acceptors (Lipinski definition) is 5. The molecule has 1 aliphatic rings. The van der Waals surface area contributed by atoms with Crippen LogP contribution in [-0.2, 0) is 16.2 Å². The Labute approximate surface area is 156 Å². The van der Waals surface area contributed by atoms with Gasteiger partial charge in [0.05, 0.1) is 12.1 Å². The molecule has 142 valence electrons. The van der Waals surface area contributed by atoms with Crippen LogP contribution in [0, 0.1) is 0 Å². The van der Waals surface area contributed by atoms with Crippen LogP contribution in [0.1, 0.15) is 22.6 Å². The lowest BCUT2D eigenvalue weighted by atomic mass is 10.1. The van der Waals surface area contributed by atoms with Crippen molar-refractivity contribution >= 4 is 17.7 Å². The summed E-state index contributed by atoms with van der Waals surface area (Å²) in [7, 11) is 1.49. The van der Waals surface area contributed by atoms with E-state index in [4.69, 9.17) is 4.74 Å². The third-order valence-electron chi connectivity index (χ3n) is 4.24. The van der Waals surface area contributed by atoms with E-state index in [9.17, 15) is 14.4 Å². The van der Waals surface area contributed by atoms with Crippen molar-refractivity contribution in [3.63, 3.8) is 0 Å². The predicted octanol–water partition coefficient (Wildman–Crippen LogP) is 0.0654. The second-order valence-corrected chi connectivity index (χ2v) is 6.06. The summed E-state index contributed by atoms with van der Waals surface area (Å²) in [5, 5.41) is 12.0. The molecule has 1 aromatic carbocycles. The van der Waals surface area contributed by atoms with E-state index in [0.717, 1.165) is 0 Å². The van der Waals surface area contributed by atoms with Gasteiger partial charge in [-0.3, -0.25) is 19.5 Å². The van der Waals surface area contributed by atoms with Crippen LogP contribution in [0.3, 0.4) is 0 Å². The average molecular weight is 371 g/mol. The number of aromatic amines is 1. The minimum atomic E-state index is -0.855. The first kappa shape index (κ1) is 18.4. The van der Waals surface area contributed by atoms with Gasteiger partial charge in [0.2, 0.25) is 11.8 Å². The van der Waals surface area contributed by atoms with Crippen LogP contribution in [0.25, 0.3) is 0 Å². The van der Waals surface area contributed by atoms with E-state index >= 15 is 0 Å². The van der Waals surface area contributed by atoms with Crippen molar-refractivity contribution in [2.45, 2.75) is 19.1 Å². The lowest BCUT2D eigenvalue weighted by Gasteiger charge is -2.34. The largest absolute Gasteiger partial charge is 0.487 e. The fourth-order valence-corrected chi connectivity index (χ4v) is 2.81. The molecule has 1 aromatic heterocycles. The molecule has 9 nitrogen and oxygen atoms in total. The van der Waals surface area contributed by atoms with Crippen LogP contribution in [0.4, 0.5) is 0 Å². The summed E-state index contributed by atoms with van der Waals surface area (Å²) in [6.45, 7) is 0.880. The van der Waals surface area contributed by atoms with Gasteiger partial charge in [0.1, 0.15) is 18.4 Å². The van der Waals surface area contributed by atoms with Crippen LogP contribution in [0.5, 0.6) is 5.75 Å². The number of nitrogens with one attached hydrogen (secondary N) is 3. The van der Waals surface area contributed by atoms with Gasteiger partial charge in [-0.05, 0) is 18.2 Å². The van der Waals surface area contributed by atoms with E-state index in [1.54, 1.807) is 6.07 Å². The van der Waals surface area contributed by atoms with Gasteiger partial charge < -0.3 is 20.3 Å². The number of H-pyrrole nitrogens is 1. The summed E-state index contributed by atoms with van der Waals surface area (Å²) in [4.78, 5) is 38.0. The monoisotopic (exact) mass is 371 g/mol. The minimum absolute atomic E-state index is 0.0948. The number of ether oxygens (including phenoxy) is 1. The lowest BCUT2D eigenvalue weighted by Crippen LogP contribution is -2.58. The van der Waals surface area contributed by atoms with Gasteiger partial charge in [0, 0.05) is 20.1 Å². The molecular formula is C18H21N5O4. The third-order valence-corrected chi connectivity index (χ3v) is 4.24. The van der Waals surface area contributed by atoms with Gasteiger partial charge >= 0.3 is 0 Å². The van der Waals surface area contributed by atoms with Gasteiger partial charge in [0.25, 0.3) is 5.91 Å². The average Bonchev–Trinajstić information content (AvgIpc) is 3.17. The summed E-state index contributed by atoms with van der Waals surface area (Å²) in [5.41, 5.74) is 0.810. The number of carbonyl (C=O) groups is 3. The fourth-order valence-electron chi connectivity index (χ4n) is 2.81. The number of rotatable bonds is 6. The Morgan fingerprint density at radius 1 is 1.33 bits per heavy atom. The van der Waals surface area contributed by atoms with Crippen LogP contribution < -0.4 is 15.4 Å². The maximum absolute atomic E-state index is 12.8. The molecule has 3 amide bonds. The number of hydrogen-bond donors (Lipinski definition) is 3. The molecule has 9 heteroatoms. The molecule has 0 radical (unpaired) electrons. The Hall–Kier alpha value is -3.36. The fraction of sp³-hybridized carbons (Fsp3) is 0.333. The molecule has 0 spiro atoms. The van der Waals surface area contributed by atoms with Crippen molar-refractivity contribution in [1.29, 1.82) is 0 Å². The molecule has 2 heterocycles. The van der Waals surface area contributed by atoms with E-state index in [1.165, 1.54) is 11.9 Å². The zero-order valence-corrected chi connectivity index (χ0v) is 14.9. The molecular weight excluding hydrogens is 350 g/mol. The SMILES string of the molecule is CNC(=O)C[C@@H]1C(=O)NCCN1C(=O)c1cc(COc2ccccc2)[nH]n1. The molecule has 0 unspecified atom stereocenters. The quantitative estimate of drug-likeness (QED) is 0.664. The van der Waals surface area contributed by atoms with Crippen molar-refractivity contribution < 1.29 is 19.1 Å². The third kappa shape index (κ3) is 4.43. The first-order valence-electron chi connectivity index (χ1n) is 8.60. The van der Waals surface area contributed by atoms with Gasteiger partial charge in [-0.15, -0.1) is 0 Å². The molecule has 0 saturated carbocycles. The lowest BCUT2D eigenvalue weighted by molar-refractivity contribution is -0.132. The highest BCUT2D eigenvalue weighted by atomic mass is 16.5. The van der Waals surface area contributed by atoms with Crippen molar-refractivity contribution in [2.75, 3.05) is 20.1 Å². The Bertz CT molecular complexity index is 820. The minimum Gasteiger partial charge on any atom is -0.487 e. The van der Waals surface area contributed by atoms with Crippen molar-refractivity contribution in [3.8, 4) is 5.75 Å².